The Bertz CT molecular complexity index is 717. The largest absolute Gasteiger partial charge is 0.481 e. The van der Waals surface area contributed by atoms with Gasteiger partial charge in [-0.3, -0.25) is 4.79 Å². The number of pyridine rings is 1. The molecule has 2 aromatic rings. The summed E-state index contributed by atoms with van der Waals surface area (Å²) in [6, 6.07) is 14.1. The minimum Gasteiger partial charge on any atom is -0.481 e. The van der Waals surface area contributed by atoms with Crippen molar-refractivity contribution in [1.82, 2.24) is 10.3 Å². The molecule has 1 saturated heterocycles. The summed E-state index contributed by atoms with van der Waals surface area (Å²) in [7, 11) is 1.62. The number of carbonyl (C=O) groups excluding carboxylic acids is 1. The van der Waals surface area contributed by atoms with E-state index >= 15 is 0 Å². The van der Waals surface area contributed by atoms with Crippen LogP contribution in [0.15, 0.2) is 42.5 Å². The van der Waals surface area contributed by atoms with Gasteiger partial charge >= 0.3 is 0 Å². The van der Waals surface area contributed by atoms with Crippen molar-refractivity contribution < 1.29 is 9.53 Å². The summed E-state index contributed by atoms with van der Waals surface area (Å²) < 4.78 is 5.15. The summed E-state index contributed by atoms with van der Waals surface area (Å²) in [5, 5.41) is 3.47. The second-order valence-corrected chi connectivity index (χ2v) is 6.02. The van der Waals surface area contributed by atoms with Gasteiger partial charge in [-0.15, -0.1) is 0 Å². The summed E-state index contributed by atoms with van der Waals surface area (Å²) >= 11 is 0. The van der Waals surface area contributed by atoms with Crippen molar-refractivity contribution >= 4 is 11.6 Å². The van der Waals surface area contributed by atoms with E-state index in [1.807, 2.05) is 35.2 Å². The molecule has 1 aromatic carbocycles. The molecule has 1 fully saturated rings. The Morgan fingerprint density at radius 2 is 2.12 bits per heavy atom. The predicted molar refractivity (Wildman–Crippen MR) is 94.1 cm³/mol. The van der Waals surface area contributed by atoms with E-state index in [0.717, 1.165) is 29.9 Å². The molecule has 1 aromatic heterocycles. The van der Waals surface area contributed by atoms with Gasteiger partial charge in [-0.1, -0.05) is 18.2 Å². The fourth-order valence-corrected chi connectivity index (χ4v) is 2.93. The second kappa shape index (κ2) is 7.45. The average molecular weight is 325 g/mol. The number of ether oxygens (including phenoxy) is 1. The Hall–Kier alpha value is -2.40. The highest BCUT2D eigenvalue weighted by Crippen LogP contribution is 2.24. The molecule has 126 valence electrons. The van der Waals surface area contributed by atoms with Crippen molar-refractivity contribution in [2.75, 3.05) is 18.6 Å². The smallest absolute Gasteiger partial charge is 0.227 e. The third-order valence-electron chi connectivity index (χ3n) is 4.34. The van der Waals surface area contributed by atoms with Crippen LogP contribution < -0.4 is 15.0 Å². The molecule has 0 spiro atoms. The molecule has 1 aliphatic heterocycles. The third kappa shape index (κ3) is 3.74. The van der Waals surface area contributed by atoms with E-state index in [1.54, 1.807) is 7.11 Å². The number of aromatic nitrogens is 1. The van der Waals surface area contributed by atoms with Crippen LogP contribution in [0.4, 0.5) is 5.69 Å². The highest BCUT2D eigenvalue weighted by molar-refractivity contribution is 5.95. The maximum atomic E-state index is 11.9. The normalized spacial score (nSPS) is 15.6. The molecule has 0 aliphatic carbocycles. The Labute approximate surface area is 142 Å². The number of nitrogens with one attached hydrogen (secondary N) is 1. The summed E-state index contributed by atoms with van der Waals surface area (Å²) in [5.41, 5.74) is 3.09. The van der Waals surface area contributed by atoms with Crippen molar-refractivity contribution in [3.63, 3.8) is 0 Å². The summed E-state index contributed by atoms with van der Waals surface area (Å²) in [6.45, 7) is 3.59. The summed E-state index contributed by atoms with van der Waals surface area (Å²) in [4.78, 5) is 18.2. The van der Waals surface area contributed by atoms with Crippen LogP contribution in [0.1, 0.15) is 37.1 Å². The van der Waals surface area contributed by atoms with Crippen LogP contribution in [0, 0.1) is 0 Å². The molecule has 5 heteroatoms. The highest BCUT2D eigenvalue weighted by Gasteiger charge is 2.22. The van der Waals surface area contributed by atoms with Crippen molar-refractivity contribution in [1.29, 1.82) is 0 Å². The summed E-state index contributed by atoms with van der Waals surface area (Å²) in [6.07, 6.45) is 1.60. The van der Waals surface area contributed by atoms with Crippen LogP contribution in [0.5, 0.6) is 5.88 Å². The van der Waals surface area contributed by atoms with E-state index in [0.29, 0.717) is 18.8 Å². The van der Waals surface area contributed by atoms with Gasteiger partial charge in [-0.05, 0) is 37.1 Å². The number of amides is 1. The molecule has 1 atom stereocenters. The number of rotatable bonds is 6. The van der Waals surface area contributed by atoms with Gasteiger partial charge in [0.15, 0.2) is 0 Å². The van der Waals surface area contributed by atoms with Gasteiger partial charge in [0.25, 0.3) is 0 Å². The molecule has 5 nitrogen and oxygen atoms in total. The maximum absolute atomic E-state index is 11.9. The van der Waals surface area contributed by atoms with Crippen molar-refractivity contribution in [3.05, 3.63) is 53.7 Å². The first kappa shape index (κ1) is 16.5. The molecule has 0 bridgehead atoms. The Morgan fingerprint density at radius 3 is 2.88 bits per heavy atom. The Kier molecular flexibility index (Phi) is 5.11. The van der Waals surface area contributed by atoms with E-state index in [1.165, 1.54) is 0 Å². The molecule has 1 aliphatic rings. The van der Waals surface area contributed by atoms with Gasteiger partial charge in [0, 0.05) is 37.3 Å². The number of carbonyl (C=O) groups is 1. The first-order valence-electron chi connectivity index (χ1n) is 8.31. The predicted octanol–water partition coefficient (Wildman–Crippen LogP) is 3.07. The van der Waals surface area contributed by atoms with E-state index in [4.69, 9.17) is 4.74 Å². The zero-order valence-corrected chi connectivity index (χ0v) is 14.2. The topological polar surface area (TPSA) is 54.5 Å². The molecule has 0 saturated carbocycles. The van der Waals surface area contributed by atoms with Gasteiger partial charge in [0.1, 0.15) is 0 Å². The molecule has 1 unspecified atom stereocenters. The maximum Gasteiger partial charge on any atom is 0.227 e. The molecule has 1 N–H and O–H groups in total. The van der Waals surface area contributed by atoms with Crippen LogP contribution in [-0.2, 0) is 11.3 Å². The first-order valence-corrected chi connectivity index (χ1v) is 8.31. The number of hydrogen-bond donors (Lipinski definition) is 1. The highest BCUT2D eigenvalue weighted by atomic mass is 16.5. The zero-order valence-electron chi connectivity index (χ0n) is 14.2. The first-order chi connectivity index (χ1) is 11.7. The molecular weight excluding hydrogens is 302 g/mol. The van der Waals surface area contributed by atoms with E-state index in [9.17, 15) is 4.79 Å². The minimum absolute atomic E-state index is 0.163. The second-order valence-electron chi connectivity index (χ2n) is 6.02. The van der Waals surface area contributed by atoms with Crippen LogP contribution in [-0.4, -0.2) is 24.5 Å². The van der Waals surface area contributed by atoms with Crippen LogP contribution in [0.3, 0.4) is 0 Å². The number of methoxy groups -OCH3 is 1. The van der Waals surface area contributed by atoms with Gasteiger partial charge < -0.3 is 15.0 Å². The SMILES string of the molecule is COc1cccc(CNC(C)c2cccc(N3CCCC3=O)c2)n1. The Balaban J connectivity index is 1.66. The van der Waals surface area contributed by atoms with Gasteiger partial charge in [-0.2, -0.15) is 0 Å². The lowest BCUT2D eigenvalue weighted by atomic mass is 10.1. The lowest BCUT2D eigenvalue weighted by Gasteiger charge is -2.19. The molecule has 0 radical (unpaired) electrons. The fraction of sp³-hybridized carbons (Fsp3) is 0.368. The van der Waals surface area contributed by atoms with Crippen LogP contribution >= 0.6 is 0 Å². The number of benzene rings is 1. The zero-order chi connectivity index (χ0) is 16.9. The quantitative estimate of drug-likeness (QED) is 0.887. The summed E-state index contributed by atoms with van der Waals surface area (Å²) in [5.74, 6) is 0.838. The molecule has 1 amide bonds. The number of anilines is 1. The lowest BCUT2D eigenvalue weighted by molar-refractivity contribution is -0.117. The van der Waals surface area contributed by atoms with Crippen LogP contribution in [0.25, 0.3) is 0 Å². The fourth-order valence-electron chi connectivity index (χ4n) is 2.93. The van der Waals surface area contributed by atoms with Gasteiger partial charge in [0.05, 0.1) is 12.8 Å². The minimum atomic E-state index is 0.163. The standard InChI is InChI=1S/C19H23N3O2/c1-14(20-13-16-7-4-9-18(21-16)24-2)15-6-3-8-17(12-15)22-11-5-10-19(22)23/h3-4,6-9,12,14,20H,5,10-11,13H2,1-2H3. The van der Waals surface area contributed by atoms with Gasteiger partial charge in [0.2, 0.25) is 11.8 Å². The molecular formula is C19H23N3O2. The van der Waals surface area contributed by atoms with Gasteiger partial charge in [-0.25, -0.2) is 4.98 Å². The van der Waals surface area contributed by atoms with Crippen LogP contribution in [0.2, 0.25) is 0 Å². The third-order valence-corrected chi connectivity index (χ3v) is 4.34. The Morgan fingerprint density at radius 1 is 1.29 bits per heavy atom. The average Bonchev–Trinajstić information content (AvgIpc) is 3.06. The van der Waals surface area contributed by atoms with Crippen molar-refractivity contribution in [2.45, 2.75) is 32.4 Å². The number of hydrogen-bond acceptors (Lipinski definition) is 4. The monoisotopic (exact) mass is 325 g/mol. The lowest BCUT2D eigenvalue weighted by Crippen LogP contribution is -2.24. The van der Waals surface area contributed by atoms with E-state index in [2.05, 4.69) is 29.4 Å². The van der Waals surface area contributed by atoms with Crippen molar-refractivity contribution in [3.8, 4) is 5.88 Å². The molecule has 24 heavy (non-hydrogen) atoms. The molecule has 3 rings (SSSR count). The van der Waals surface area contributed by atoms with Crippen molar-refractivity contribution in [2.24, 2.45) is 0 Å². The molecule has 2 heterocycles. The number of nitrogens with zero attached hydrogens (tertiary/aromatic N) is 2. The van der Waals surface area contributed by atoms with E-state index in [-0.39, 0.29) is 11.9 Å². The van der Waals surface area contributed by atoms with E-state index < -0.39 is 0 Å².